The number of thioether (sulfide) groups is 1. The van der Waals surface area contributed by atoms with Gasteiger partial charge in [0.25, 0.3) is 0 Å². The van der Waals surface area contributed by atoms with Gasteiger partial charge in [0.1, 0.15) is 29.9 Å². The lowest BCUT2D eigenvalue weighted by Crippen LogP contribution is -2.61. The molecule has 1 saturated heterocycles. The first-order chi connectivity index (χ1) is 22.1. The van der Waals surface area contributed by atoms with E-state index in [1.165, 1.54) is 19.3 Å². The molecule has 1 aliphatic heterocycles. The highest BCUT2D eigenvalue weighted by Crippen LogP contribution is 2.36. The van der Waals surface area contributed by atoms with E-state index in [0.29, 0.717) is 26.4 Å². The van der Waals surface area contributed by atoms with Gasteiger partial charge in [0.15, 0.2) is 6.29 Å². The Labute approximate surface area is 287 Å². The van der Waals surface area contributed by atoms with Gasteiger partial charge in [0.05, 0.1) is 36.5 Å². The van der Waals surface area contributed by atoms with Crippen LogP contribution in [0.5, 0.6) is 0 Å². The Kier molecular flexibility index (Phi) is 14.5. The fourth-order valence-corrected chi connectivity index (χ4v) is 7.01. The normalized spacial score (nSPS) is 25.5. The molecule has 244 valence electrons. The first-order valence-electron chi connectivity index (χ1n) is 16.2. The maximum atomic E-state index is 6.94. The minimum absolute atomic E-state index is 0.137. The van der Waals surface area contributed by atoms with Crippen LogP contribution in [0, 0.1) is 0 Å². The van der Waals surface area contributed by atoms with Crippen molar-refractivity contribution >= 4 is 34.4 Å². The molecule has 5 rings (SSSR count). The van der Waals surface area contributed by atoms with E-state index < -0.39 is 18.3 Å². The number of alkyl halides is 1. The van der Waals surface area contributed by atoms with Crippen molar-refractivity contribution in [3.8, 4) is 0 Å². The van der Waals surface area contributed by atoms with Gasteiger partial charge in [-0.3, -0.25) is 0 Å². The van der Waals surface area contributed by atoms with Crippen LogP contribution in [-0.4, -0.2) is 59.0 Å². The van der Waals surface area contributed by atoms with Crippen molar-refractivity contribution in [2.75, 3.05) is 12.9 Å². The number of benzene rings is 3. The van der Waals surface area contributed by atoms with Crippen LogP contribution in [0.3, 0.4) is 0 Å². The van der Waals surface area contributed by atoms with Gasteiger partial charge in [0, 0.05) is 0 Å². The second-order valence-electron chi connectivity index (χ2n) is 11.8. The highest BCUT2D eigenvalue weighted by molar-refractivity contribution is 14.1. The van der Waals surface area contributed by atoms with E-state index in [1.54, 1.807) is 11.8 Å². The average molecular weight is 747 g/mol. The van der Waals surface area contributed by atoms with E-state index in [4.69, 9.17) is 28.4 Å². The molecule has 0 N–H and O–H groups in total. The molecule has 2 aliphatic rings. The summed E-state index contributed by atoms with van der Waals surface area (Å²) in [5.74, 6) is 0. The first-order valence-corrected chi connectivity index (χ1v) is 18.7. The predicted molar refractivity (Wildman–Crippen MR) is 188 cm³/mol. The molecule has 0 spiro atoms. The van der Waals surface area contributed by atoms with E-state index >= 15 is 0 Å². The third kappa shape index (κ3) is 10.8. The second kappa shape index (κ2) is 18.7. The smallest absolute Gasteiger partial charge is 0.170 e. The molecular formula is C37H47IO6S. The second-order valence-corrected chi connectivity index (χ2v) is 14.7. The average Bonchev–Trinajstić information content (AvgIpc) is 3.08. The Morgan fingerprint density at radius 1 is 0.711 bits per heavy atom. The molecule has 2 unspecified atom stereocenters. The van der Waals surface area contributed by atoms with Crippen LogP contribution in [-0.2, 0) is 48.2 Å². The molecule has 3 aromatic carbocycles. The molecule has 2 fully saturated rings. The Balaban J connectivity index is 1.40. The van der Waals surface area contributed by atoms with Crippen LogP contribution < -0.4 is 0 Å². The molecule has 6 nitrogen and oxygen atoms in total. The molecule has 1 aliphatic carbocycles. The molecule has 8 heteroatoms. The van der Waals surface area contributed by atoms with E-state index in [9.17, 15) is 0 Å². The standard InChI is InChI=1S/C37H47IO6S/c1-27(38)36(42-31-21-13-6-14-22-31)44-35-34(41-25-30-19-11-5-12-20-30)33(40-24-29-17-9-4-10-18-29)32(43-37(35)45-2)26-39-23-28-15-7-3-8-16-28/h3-5,7-12,15-20,27,31-37H,6,13-14,21-26H2,1-2H3/t27?,32-,33-,34+,35-,36?,37+/m1/s1. The zero-order valence-electron chi connectivity index (χ0n) is 26.4. The largest absolute Gasteiger partial charge is 0.374 e. The topological polar surface area (TPSA) is 55.4 Å². The number of hydrogen-bond donors (Lipinski definition) is 0. The molecule has 0 amide bonds. The van der Waals surface area contributed by atoms with Crippen LogP contribution in [0.1, 0.15) is 55.7 Å². The van der Waals surface area contributed by atoms with Crippen molar-refractivity contribution in [2.24, 2.45) is 0 Å². The van der Waals surface area contributed by atoms with Crippen LogP contribution in [0.2, 0.25) is 0 Å². The highest BCUT2D eigenvalue weighted by Gasteiger charge is 2.49. The summed E-state index contributed by atoms with van der Waals surface area (Å²) < 4.78 is 40.3. The summed E-state index contributed by atoms with van der Waals surface area (Å²) in [6.45, 7) is 3.87. The minimum Gasteiger partial charge on any atom is -0.374 e. The Morgan fingerprint density at radius 2 is 1.24 bits per heavy atom. The Morgan fingerprint density at radius 3 is 1.78 bits per heavy atom. The molecule has 1 heterocycles. The first kappa shape index (κ1) is 34.8. The van der Waals surface area contributed by atoms with Crippen molar-refractivity contribution in [1.82, 2.24) is 0 Å². The summed E-state index contributed by atoms with van der Waals surface area (Å²) in [7, 11) is 0. The Bertz CT molecular complexity index is 1210. The molecule has 7 atom stereocenters. The summed E-state index contributed by atoms with van der Waals surface area (Å²) >= 11 is 4.05. The van der Waals surface area contributed by atoms with Gasteiger partial charge in [-0.25, -0.2) is 0 Å². The summed E-state index contributed by atoms with van der Waals surface area (Å²) in [4.78, 5) is 0. The predicted octanol–water partition coefficient (Wildman–Crippen LogP) is 8.35. The summed E-state index contributed by atoms with van der Waals surface area (Å²) in [5.41, 5.74) is 3.01. The SMILES string of the molecule is CS[C@@H]1O[C@H](COCc2ccccc2)[C@@H](OCc2ccccc2)[C@H](OCc2ccccc2)[C@H]1OC(OC1CCCCC1)C(C)I. The maximum Gasteiger partial charge on any atom is 0.170 e. The number of rotatable bonds is 16. The molecule has 0 aromatic heterocycles. The molecule has 3 aromatic rings. The van der Waals surface area contributed by atoms with Gasteiger partial charge < -0.3 is 28.4 Å². The number of hydrogen-bond acceptors (Lipinski definition) is 7. The summed E-state index contributed by atoms with van der Waals surface area (Å²) in [5, 5.41) is 0. The van der Waals surface area contributed by atoms with Crippen molar-refractivity contribution in [1.29, 1.82) is 0 Å². The van der Waals surface area contributed by atoms with Gasteiger partial charge in [-0.1, -0.05) is 133 Å². The fourth-order valence-electron chi connectivity index (χ4n) is 5.93. The van der Waals surface area contributed by atoms with E-state index in [0.717, 1.165) is 29.5 Å². The van der Waals surface area contributed by atoms with Crippen molar-refractivity contribution in [3.63, 3.8) is 0 Å². The fraction of sp³-hybridized carbons (Fsp3) is 0.514. The van der Waals surface area contributed by atoms with Crippen LogP contribution in [0.25, 0.3) is 0 Å². The van der Waals surface area contributed by atoms with Gasteiger partial charge >= 0.3 is 0 Å². The third-order valence-corrected chi connectivity index (χ3v) is 9.76. The van der Waals surface area contributed by atoms with Crippen molar-refractivity contribution in [2.45, 2.75) is 105 Å². The zero-order chi connectivity index (χ0) is 31.3. The molecule has 45 heavy (non-hydrogen) atoms. The monoisotopic (exact) mass is 746 g/mol. The summed E-state index contributed by atoms with van der Waals surface area (Å²) in [6.07, 6.45) is 6.11. The van der Waals surface area contributed by atoms with E-state index in [-0.39, 0.29) is 27.9 Å². The van der Waals surface area contributed by atoms with Gasteiger partial charge in [-0.2, -0.15) is 0 Å². The highest BCUT2D eigenvalue weighted by atomic mass is 127. The lowest BCUT2D eigenvalue weighted by molar-refractivity contribution is -0.289. The minimum atomic E-state index is -0.432. The lowest BCUT2D eigenvalue weighted by atomic mass is 9.97. The van der Waals surface area contributed by atoms with E-state index in [2.05, 4.69) is 72.2 Å². The van der Waals surface area contributed by atoms with Crippen LogP contribution in [0.4, 0.5) is 0 Å². The molecular weight excluding hydrogens is 699 g/mol. The van der Waals surface area contributed by atoms with Crippen molar-refractivity contribution < 1.29 is 28.4 Å². The summed E-state index contributed by atoms with van der Waals surface area (Å²) in [6, 6.07) is 30.7. The van der Waals surface area contributed by atoms with E-state index in [1.807, 2.05) is 54.6 Å². The number of ether oxygens (including phenoxy) is 6. The van der Waals surface area contributed by atoms with Crippen LogP contribution in [0.15, 0.2) is 91.0 Å². The lowest BCUT2D eigenvalue weighted by Gasteiger charge is -2.47. The van der Waals surface area contributed by atoms with Gasteiger partial charge in [-0.15, -0.1) is 11.8 Å². The maximum absolute atomic E-state index is 6.94. The van der Waals surface area contributed by atoms with Gasteiger partial charge in [0.2, 0.25) is 0 Å². The molecule has 0 bridgehead atoms. The van der Waals surface area contributed by atoms with Crippen LogP contribution >= 0.6 is 34.4 Å². The third-order valence-electron chi connectivity index (χ3n) is 8.33. The Hall–Kier alpha value is -1.50. The zero-order valence-corrected chi connectivity index (χ0v) is 29.4. The molecule has 1 saturated carbocycles. The quantitative estimate of drug-likeness (QED) is 0.0831. The van der Waals surface area contributed by atoms with Gasteiger partial charge in [-0.05, 0) is 42.7 Å². The number of halogens is 1. The van der Waals surface area contributed by atoms with Crippen molar-refractivity contribution in [3.05, 3.63) is 108 Å². The molecule has 0 radical (unpaired) electrons.